The van der Waals surface area contributed by atoms with Crippen molar-refractivity contribution < 1.29 is 14.4 Å². The molecule has 4 aromatic carbocycles. The Kier molecular flexibility index (Phi) is 5.71. The monoisotopic (exact) mass is 478 g/mol. The third-order valence-electron chi connectivity index (χ3n) is 5.67. The van der Waals surface area contributed by atoms with Gasteiger partial charge in [-0.1, -0.05) is 12.1 Å². The Labute approximate surface area is 206 Å². The summed E-state index contributed by atoms with van der Waals surface area (Å²) in [7, 11) is 0. The molecular formula is C27H22N6O3. The first-order valence-corrected chi connectivity index (χ1v) is 11.1. The van der Waals surface area contributed by atoms with E-state index in [4.69, 9.17) is 11.5 Å². The van der Waals surface area contributed by atoms with Crippen LogP contribution in [0.1, 0.15) is 15.9 Å². The quantitative estimate of drug-likeness (QED) is 0.192. The molecule has 0 aromatic heterocycles. The van der Waals surface area contributed by atoms with Gasteiger partial charge in [0.15, 0.2) is 5.78 Å². The van der Waals surface area contributed by atoms with Crippen molar-refractivity contribution in [1.82, 2.24) is 0 Å². The van der Waals surface area contributed by atoms with Crippen molar-refractivity contribution in [2.75, 3.05) is 32.7 Å². The average Bonchev–Trinajstić information content (AvgIpc) is 3.13. The van der Waals surface area contributed by atoms with Gasteiger partial charge in [0.25, 0.3) is 0 Å². The third-order valence-corrected chi connectivity index (χ3v) is 5.67. The van der Waals surface area contributed by atoms with E-state index in [0.717, 1.165) is 11.1 Å². The molecule has 9 heteroatoms. The van der Waals surface area contributed by atoms with Gasteiger partial charge < -0.3 is 32.7 Å². The molecule has 1 aliphatic rings. The van der Waals surface area contributed by atoms with E-state index >= 15 is 0 Å². The number of nitrogen functional groups attached to an aromatic ring is 2. The lowest BCUT2D eigenvalue weighted by Crippen LogP contribution is -2.19. The van der Waals surface area contributed by atoms with Crippen LogP contribution >= 0.6 is 0 Å². The Morgan fingerprint density at radius 3 is 1.19 bits per heavy atom. The van der Waals surface area contributed by atoms with Gasteiger partial charge in [0.05, 0.1) is 0 Å². The number of fused-ring (bicyclic) bond motifs is 3. The molecule has 0 saturated carbocycles. The maximum atomic E-state index is 13.1. The number of benzene rings is 4. The lowest BCUT2D eigenvalue weighted by Gasteiger charge is -2.09. The molecule has 0 bridgehead atoms. The zero-order valence-electron chi connectivity index (χ0n) is 19.0. The van der Waals surface area contributed by atoms with Crippen LogP contribution in [0.3, 0.4) is 0 Å². The summed E-state index contributed by atoms with van der Waals surface area (Å²) < 4.78 is 0. The molecule has 1 aliphatic carbocycles. The second-order valence-corrected chi connectivity index (χ2v) is 8.25. The molecule has 0 unspecified atom stereocenters. The van der Waals surface area contributed by atoms with E-state index in [1.807, 2.05) is 0 Å². The van der Waals surface area contributed by atoms with Crippen molar-refractivity contribution in [3.8, 4) is 11.1 Å². The highest BCUT2D eigenvalue weighted by molar-refractivity contribution is 6.23. The van der Waals surface area contributed by atoms with E-state index in [1.165, 1.54) is 0 Å². The molecule has 178 valence electrons. The fraction of sp³-hybridized carbons (Fsp3) is 0. The second kappa shape index (κ2) is 9.15. The zero-order chi connectivity index (χ0) is 25.2. The van der Waals surface area contributed by atoms with Crippen molar-refractivity contribution in [2.24, 2.45) is 0 Å². The van der Waals surface area contributed by atoms with Gasteiger partial charge in [0.1, 0.15) is 0 Å². The van der Waals surface area contributed by atoms with Gasteiger partial charge in [-0.05, 0) is 83.9 Å². The van der Waals surface area contributed by atoms with Crippen LogP contribution in [-0.2, 0) is 0 Å². The number of nitrogens with two attached hydrogens (primary N) is 2. The molecular weight excluding hydrogens is 456 g/mol. The van der Waals surface area contributed by atoms with Crippen LogP contribution in [0.5, 0.6) is 0 Å². The lowest BCUT2D eigenvalue weighted by molar-refractivity contribution is 0.104. The third kappa shape index (κ3) is 4.66. The van der Waals surface area contributed by atoms with Crippen LogP contribution in [0.2, 0.25) is 0 Å². The number of ketones is 1. The Balaban J connectivity index is 1.27. The van der Waals surface area contributed by atoms with Crippen LogP contribution in [0, 0.1) is 0 Å². The Morgan fingerprint density at radius 1 is 0.472 bits per heavy atom. The minimum absolute atomic E-state index is 0.190. The maximum absolute atomic E-state index is 13.1. The summed E-state index contributed by atoms with van der Waals surface area (Å²) in [5.74, 6) is -0.190. The van der Waals surface area contributed by atoms with Crippen molar-refractivity contribution in [3.05, 3.63) is 96.1 Å². The van der Waals surface area contributed by atoms with Gasteiger partial charge in [-0.15, -0.1) is 0 Å². The molecule has 0 radical (unpaired) electrons. The second-order valence-electron chi connectivity index (χ2n) is 8.25. The Hall–Kier alpha value is -5.31. The van der Waals surface area contributed by atoms with Gasteiger partial charge in [-0.25, -0.2) is 9.59 Å². The molecule has 0 saturated heterocycles. The predicted octanol–water partition coefficient (Wildman–Crippen LogP) is 5.35. The summed E-state index contributed by atoms with van der Waals surface area (Å²) in [5.41, 5.74) is 17.1. The number of carbonyl (C=O) groups excluding carboxylic acids is 3. The molecule has 0 fully saturated rings. The highest BCUT2D eigenvalue weighted by atomic mass is 16.2. The summed E-state index contributed by atoms with van der Waals surface area (Å²) in [6.07, 6.45) is 0. The minimum atomic E-state index is -0.443. The standard InChI is InChI=1S/C27H22N6O3/c28-15-1-5-17(6-2-15)30-26(35)32-19-9-11-21-22-12-10-20(14-24(22)25(34)23(21)13-19)33-27(36)31-18-7-3-16(29)4-8-18/h1-14H,28-29H2,(H2,30,32,35)(H2,31,33,36). The molecule has 0 aliphatic heterocycles. The minimum Gasteiger partial charge on any atom is -0.399 e. The van der Waals surface area contributed by atoms with Crippen LogP contribution in [0.25, 0.3) is 11.1 Å². The topological polar surface area (TPSA) is 151 Å². The van der Waals surface area contributed by atoms with E-state index in [-0.39, 0.29) is 5.78 Å². The van der Waals surface area contributed by atoms with Gasteiger partial charge in [-0.2, -0.15) is 0 Å². The maximum Gasteiger partial charge on any atom is 0.323 e. The Bertz CT molecular complexity index is 1380. The van der Waals surface area contributed by atoms with E-state index < -0.39 is 12.1 Å². The molecule has 0 spiro atoms. The van der Waals surface area contributed by atoms with Crippen LogP contribution in [0.4, 0.5) is 43.7 Å². The number of nitrogens with one attached hydrogen (secondary N) is 4. The Morgan fingerprint density at radius 2 is 0.806 bits per heavy atom. The summed E-state index contributed by atoms with van der Waals surface area (Å²) in [6, 6.07) is 23.0. The molecule has 0 atom stereocenters. The normalized spacial score (nSPS) is 11.3. The number of carbonyl (C=O) groups is 3. The molecule has 5 rings (SSSR count). The predicted molar refractivity (Wildman–Crippen MR) is 142 cm³/mol. The van der Waals surface area contributed by atoms with Gasteiger partial charge >= 0.3 is 12.1 Å². The summed E-state index contributed by atoms with van der Waals surface area (Å²) in [5, 5.41) is 10.9. The first-order chi connectivity index (χ1) is 17.4. The number of urea groups is 2. The molecule has 4 amide bonds. The highest BCUT2D eigenvalue weighted by Crippen LogP contribution is 2.39. The van der Waals surface area contributed by atoms with Crippen LogP contribution in [0.15, 0.2) is 84.9 Å². The number of hydrogen-bond acceptors (Lipinski definition) is 5. The van der Waals surface area contributed by atoms with E-state index in [9.17, 15) is 14.4 Å². The lowest BCUT2D eigenvalue weighted by atomic mass is 10.1. The zero-order valence-corrected chi connectivity index (χ0v) is 19.0. The SMILES string of the molecule is Nc1ccc(NC(=O)Nc2ccc3c(c2)C(=O)c2cc(NC(=O)Nc4ccc(N)cc4)ccc2-3)cc1. The molecule has 4 aromatic rings. The van der Waals surface area contributed by atoms with Crippen LogP contribution < -0.4 is 32.7 Å². The van der Waals surface area contributed by atoms with E-state index in [0.29, 0.717) is 45.3 Å². The fourth-order valence-electron chi connectivity index (χ4n) is 3.95. The summed E-state index contributed by atoms with van der Waals surface area (Å²) in [4.78, 5) is 37.9. The number of rotatable bonds is 4. The molecule has 36 heavy (non-hydrogen) atoms. The van der Waals surface area contributed by atoms with Crippen molar-refractivity contribution in [2.45, 2.75) is 0 Å². The summed E-state index contributed by atoms with van der Waals surface area (Å²) >= 11 is 0. The van der Waals surface area contributed by atoms with Gasteiger partial charge in [-0.3, -0.25) is 4.79 Å². The van der Waals surface area contributed by atoms with E-state index in [1.54, 1.807) is 84.9 Å². The number of anilines is 6. The molecule has 9 nitrogen and oxygen atoms in total. The molecule has 8 N–H and O–H groups in total. The molecule has 0 heterocycles. The van der Waals surface area contributed by atoms with Gasteiger partial charge in [0.2, 0.25) is 0 Å². The van der Waals surface area contributed by atoms with Crippen molar-refractivity contribution >= 4 is 52.0 Å². The van der Waals surface area contributed by atoms with Gasteiger partial charge in [0, 0.05) is 45.3 Å². The smallest absolute Gasteiger partial charge is 0.323 e. The van der Waals surface area contributed by atoms with Crippen molar-refractivity contribution in [1.29, 1.82) is 0 Å². The first kappa shape index (κ1) is 22.5. The highest BCUT2D eigenvalue weighted by Gasteiger charge is 2.27. The number of hydrogen-bond donors (Lipinski definition) is 6. The fourth-order valence-corrected chi connectivity index (χ4v) is 3.95. The average molecular weight is 479 g/mol. The van der Waals surface area contributed by atoms with E-state index in [2.05, 4.69) is 21.3 Å². The van der Waals surface area contributed by atoms with Crippen molar-refractivity contribution in [3.63, 3.8) is 0 Å². The van der Waals surface area contributed by atoms with Crippen LogP contribution in [-0.4, -0.2) is 17.8 Å². The number of amides is 4. The largest absolute Gasteiger partial charge is 0.399 e. The first-order valence-electron chi connectivity index (χ1n) is 11.1. The summed E-state index contributed by atoms with van der Waals surface area (Å²) in [6.45, 7) is 0.